The molecule has 1 fully saturated rings. The van der Waals surface area contributed by atoms with E-state index in [4.69, 9.17) is 9.47 Å². The van der Waals surface area contributed by atoms with Crippen LogP contribution in [0.3, 0.4) is 0 Å². The number of hydrogen-bond acceptors (Lipinski definition) is 6. The normalized spacial score (nSPS) is 15.0. The summed E-state index contributed by atoms with van der Waals surface area (Å²) in [5.74, 6) is -0.501. The van der Waals surface area contributed by atoms with Gasteiger partial charge >= 0.3 is 12.1 Å². The first kappa shape index (κ1) is 24.2. The van der Waals surface area contributed by atoms with Crippen molar-refractivity contribution >= 4 is 17.7 Å². The number of nitro groups is 1. The Balaban J connectivity index is 1.61. The van der Waals surface area contributed by atoms with Crippen molar-refractivity contribution in [2.24, 2.45) is 0 Å². The van der Waals surface area contributed by atoms with Gasteiger partial charge in [0.25, 0.3) is 5.69 Å². The number of nitrogens with zero attached hydrogens (tertiary/aromatic N) is 1. The highest BCUT2D eigenvalue weighted by atomic mass is 16.6. The predicted molar refractivity (Wildman–Crippen MR) is 123 cm³/mol. The number of nitrogens with one attached hydrogen (secondary N) is 1. The molecular formula is C25H30N2O6. The minimum absolute atomic E-state index is 0.0236. The minimum atomic E-state index is -0.966. The maximum atomic E-state index is 12.9. The van der Waals surface area contributed by atoms with Crippen LogP contribution in [-0.2, 0) is 20.7 Å². The van der Waals surface area contributed by atoms with E-state index in [0.29, 0.717) is 18.4 Å². The molecule has 1 saturated carbocycles. The second kappa shape index (κ2) is 10.9. The highest BCUT2D eigenvalue weighted by Gasteiger charge is 2.31. The van der Waals surface area contributed by atoms with Gasteiger partial charge in [-0.3, -0.25) is 10.1 Å². The Hall–Kier alpha value is -3.42. The second-order valence-electron chi connectivity index (χ2n) is 8.91. The van der Waals surface area contributed by atoms with Crippen LogP contribution in [0.2, 0.25) is 0 Å². The largest absolute Gasteiger partial charge is 0.461 e. The first-order valence-corrected chi connectivity index (χ1v) is 11.2. The van der Waals surface area contributed by atoms with Crippen molar-refractivity contribution in [1.29, 1.82) is 0 Å². The van der Waals surface area contributed by atoms with Crippen LogP contribution in [-0.4, -0.2) is 28.7 Å². The molecule has 1 aliphatic carbocycles. The average molecular weight is 455 g/mol. The molecule has 33 heavy (non-hydrogen) atoms. The number of carbonyl (C=O) groups excluding carboxylic acids is 2. The molecule has 0 radical (unpaired) electrons. The van der Waals surface area contributed by atoms with Gasteiger partial charge in [-0.05, 0) is 63.5 Å². The molecular weight excluding hydrogens is 424 g/mol. The molecule has 1 amide bonds. The van der Waals surface area contributed by atoms with Gasteiger partial charge in [0, 0.05) is 12.1 Å². The standard InChI is InChI=1S/C25H30N2O6/c1-25(2,16-15-18-9-8-12-20(17-18)27(30)31)33-24(29)26-22(19-10-4-3-5-11-19)23(28)32-21-13-6-7-14-21/h3-5,8-12,17,21-22H,6-7,13-16H2,1-2H3,(H,26,29). The fraction of sp³-hybridized carbons (Fsp3) is 0.440. The van der Waals surface area contributed by atoms with Crippen LogP contribution >= 0.6 is 0 Å². The van der Waals surface area contributed by atoms with Gasteiger partial charge < -0.3 is 14.8 Å². The van der Waals surface area contributed by atoms with Crippen molar-refractivity contribution in [1.82, 2.24) is 5.32 Å². The van der Waals surface area contributed by atoms with Gasteiger partial charge in [-0.1, -0.05) is 42.5 Å². The summed E-state index contributed by atoms with van der Waals surface area (Å²) in [7, 11) is 0. The fourth-order valence-corrected chi connectivity index (χ4v) is 3.88. The summed E-state index contributed by atoms with van der Waals surface area (Å²) < 4.78 is 11.2. The Morgan fingerprint density at radius 2 is 1.82 bits per heavy atom. The third-order valence-corrected chi connectivity index (χ3v) is 5.72. The zero-order valence-corrected chi connectivity index (χ0v) is 19.0. The molecule has 8 heteroatoms. The number of esters is 1. The lowest BCUT2D eigenvalue weighted by Gasteiger charge is -2.27. The maximum absolute atomic E-state index is 12.9. The number of nitro benzene ring substituents is 1. The maximum Gasteiger partial charge on any atom is 0.408 e. The van der Waals surface area contributed by atoms with E-state index in [1.807, 2.05) is 6.07 Å². The monoisotopic (exact) mass is 454 g/mol. The summed E-state index contributed by atoms with van der Waals surface area (Å²) >= 11 is 0. The van der Waals surface area contributed by atoms with Gasteiger partial charge in [0.2, 0.25) is 0 Å². The van der Waals surface area contributed by atoms with Crippen molar-refractivity contribution in [2.75, 3.05) is 0 Å². The molecule has 0 saturated heterocycles. The van der Waals surface area contributed by atoms with Gasteiger partial charge in [0.15, 0.2) is 6.04 Å². The summed E-state index contributed by atoms with van der Waals surface area (Å²) in [4.78, 5) is 36.1. The van der Waals surface area contributed by atoms with Gasteiger partial charge in [-0.15, -0.1) is 0 Å². The van der Waals surface area contributed by atoms with Gasteiger partial charge in [0.05, 0.1) is 4.92 Å². The lowest BCUT2D eigenvalue weighted by atomic mass is 9.98. The van der Waals surface area contributed by atoms with Crippen LogP contribution < -0.4 is 5.32 Å². The topological polar surface area (TPSA) is 108 Å². The number of aryl methyl sites for hydroxylation is 1. The number of benzene rings is 2. The Bertz CT molecular complexity index is 970. The molecule has 0 heterocycles. The van der Waals surface area contributed by atoms with Crippen LogP contribution in [0, 0.1) is 10.1 Å². The van der Waals surface area contributed by atoms with Crippen molar-refractivity contribution in [3.8, 4) is 0 Å². The zero-order valence-electron chi connectivity index (χ0n) is 19.0. The Morgan fingerprint density at radius 1 is 1.12 bits per heavy atom. The van der Waals surface area contributed by atoms with E-state index in [1.54, 1.807) is 50.2 Å². The Morgan fingerprint density at radius 3 is 2.48 bits per heavy atom. The van der Waals surface area contributed by atoms with Crippen LogP contribution in [0.4, 0.5) is 10.5 Å². The lowest BCUT2D eigenvalue weighted by molar-refractivity contribution is -0.384. The lowest BCUT2D eigenvalue weighted by Crippen LogP contribution is -2.40. The molecule has 1 unspecified atom stereocenters. The molecule has 3 rings (SSSR count). The van der Waals surface area contributed by atoms with E-state index in [1.165, 1.54) is 12.1 Å². The molecule has 2 aromatic rings. The van der Waals surface area contributed by atoms with E-state index in [2.05, 4.69) is 5.32 Å². The van der Waals surface area contributed by atoms with E-state index >= 15 is 0 Å². The van der Waals surface area contributed by atoms with Crippen LogP contribution in [0.15, 0.2) is 54.6 Å². The van der Waals surface area contributed by atoms with Gasteiger partial charge in [0.1, 0.15) is 11.7 Å². The zero-order chi connectivity index (χ0) is 23.8. The number of alkyl carbamates (subject to hydrolysis) is 1. The van der Waals surface area contributed by atoms with Crippen LogP contribution in [0.1, 0.15) is 63.1 Å². The summed E-state index contributed by atoms with van der Waals surface area (Å²) in [6.45, 7) is 3.52. The van der Waals surface area contributed by atoms with Crippen LogP contribution in [0.25, 0.3) is 0 Å². The SMILES string of the molecule is CC(C)(CCc1cccc([N+](=O)[O-])c1)OC(=O)NC(C(=O)OC1CCCC1)c1ccccc1. The molecule has 0 aromatic heterocycles. The van der Waals surface area contributed by atoms with Crippen molar-refractivity contribution in [3.05, 3.63) is 75.8 Å². The van der Waals surface area contributed by atoms with E-state index in [-0.39, 0.29) is 11.8 Å². The first-order chi connectivity index (χ1) is 15.7. The van der Waals surface area contributed by atoms with Crippen molar-refractivity contribution in [2.45, 2.75) is 70.1 Å². The number of rotatable bonds is 9. The van der Waals surface area contributed by atoms with Gasteiger partial charge in [-0.2, -0.15) is 0 Å². The van der Waals surface area contributed by atoms with Crippen LogP contribution in [0.5, 0.6) is 0 Å². The predicted octanol–water partition coefficient (Wildman–Crippen LogP) is 5.26. The fourth-order valence-electron chi connectivity index (χ4n) is 3.88. The number of hydrogen-bond donors (Lipinski definition) is 1. The molecule has 1 aliphatic rings. The molecule has 1 N–H and O–H groups in total. The minimum Gasteiger partial charge on any atom is -0.461 e. The van der Waals surface area contributed by atoms with Crippen molar-refractivity contribution < 1.29 is 24.0 Å². The number of carbonyl (C=O) groups is 2. The quantitative estimate of drug-likeness (QED) is 0.315. The summed E-state index contributed by atoms with van der Waals surface area (Å²) in [5, 5.41) is 13.6. The second-order valence-corrected chi connectivity index (χ2v) is 8.91. The summed E-state index contributed by atoms with van der Waals surface area (Å²) in [5.41, 5.74) is 0.566. The van der Waals surface area contributed by atoms with Crippen molar-refractivity contribution in [3.63, 3.8) is 0 Å². The smallest absolute Gasteiger partial charge is 0.408 e. The molecule has 0 aliphatic heterocycles. The number of amides is 1. The first-order valence-electron chi connectivity index (χ1n) is 11.2. The number of ether oxygens (including phenoxy) is 2. The number of non-ortho nitro benzene ring substituents is 1. The highest BCUT2D eigenvalue weighted by Crippen LogP contribution is 2.25. The van der Waals surface area contributed by atoms with E-state index in [9.17, 15) is 19.7 Å². The Labute approximate surface area is 193 Å². The van der Waals surface area contributed by atoms with E-state index in [0.717, 1.165) is 31.2 Å². The third kappa shape index (κ3) is 7.30. The summed E-state index contributed by atoms with van der Waals surface area (Å²) in [6.07, 6.45) is 3.83. The average Bonchev–Trinajstić information content (AvgIpc) is 3.29. The third-order valence-electron chi connectivity index (χ3n) is 5.72. The molecule has 1 atom stereocenters. The molecule has 8 nitrogen and oxygen atoms in total. The van der Waals surface area contributed by atoms with E-state index < -0.39 is 28.6 Å². The summed E-state index contributed by atoms with van der Waals surface area (Å²) in [6, 6.07) is 14.4. The Kier molecular flexibility index (Phi) is 8.03. The molecule has 0 spiro atoms. The van der Waals surface area contributed by atoms with Gasteiger partial charge in [-0.25, -0.2) is 9.59 Å². The highest BCUT2D eigenvalue weighted by molar-refractivity contribution is 5.83. The molecule has 176 valence electrons. The molecule has 0 bridgehead atoms. The molecule has 2 aromatic carbocycles.